The number of fused-ring (bicyclic) bond motifs is 2. The molecule has 0 radical (unpaired) electrons. The van der Waals surface area contributed by atoms with Crippen LogP contribution in [0.4, 0.5) is 0 Å². The number of hydrogen-bond donors (Lipinski definition) is 2. The molecule has 2 aliphatic heterocycles. The number of imidazole rings is 1. The molecular weight excluding hydrogens is 266 g/mol. The number of carbonyl (C=O) groups is 1. The van der Waals surface area contributed by atoms with Gasteiger partial charge in [-0.15, -0.1) is 0 Å². The summed E-state index contributed by atoms with van der Waals surface area (Å²) < 4.78 is 1.85. The molecule has 116 valence electrons. The van der Waals surface area contributed by atoms with Crippen LogP contribution >= 0.6 is 0 Å². The van der Waals surface area contributed by atoms with Crippen molar-refractivity contribution in [2.24, 2.45) is 11.7 Å². The van der Waals surface area contributed by atoms with Crippen LogP contribution in [0.5, 0.6) is 0 Å². The summed E-state index contributed by atoms with van der Waals surface area (Å²) in [6, 6.07) is 1.43. The van der Waals surface area contributed by atoms with Gasteiger partial charge < -0.3 is 20.5 Å². The second-order valence-electron chi connectivity index (χ2n) is 6.38. The lowest BCUT2D eigenvalue weighted by Crippen LogP contribution is -2.43. The molecule has 1 aromatic heterocycles. The first kappa shape index (κ1) is 14.5. The van der Waals surface area contributed by atoms with Gasteiger partial charge in [-0.1, -0.05) is 0 Å². The summed E-state index contributed by atoms with van der Waals surface area (Å²) in [6.45, 7) is 2.01. The molecule has 1 amide bonds. The fourth-order valence-electron chi connectivity index (χ4n) is 3.77. The average Bonchev–Trinajstić information content (AvgIpc) is 2.99. The molecule has 0 aliphatic carbocycles. The average molecular weight is 291 g/mol. The van der Waals surface area contributed by atoms with E-state index >= 15 is 0 Å². The van der Waals surface area contributed by atoms with Gasteiger partial charge in [0.2, 0.25) is 0 Å². The highest BCUT2D eigenvalue weighted by Gasteiger charge is 2.38. The van der Waals surface area contributed by atoms with E-state index in [2.05, 4.69) is 22.2 Å². The second kappa shape index (κ2) is 6.15. The third kappa shape index (κ3) is 3.11. The third-order valence-corrected chi connectivity index (χ3v) is 5.00. The van der Waals surface area contributed by atoms with Crippen molar-refractivity contribution in [2.45, 2.75) is 44.3 Å². The van der Waals surface area contributed by atoms with Crippen molar-refractivity contribution in [1.29, 1.82) is 0 Å². The number of carbonyl (C=O) groups excluding carboxylic acids is 1. The maximum atomic E-state index is 12.1. The number of nitrogens with zero attached hydrogens (tertiary/aromatic N) is 3. The molecule has 2 bridgehead atoms. The van der Waals surface area contributed by atoms with E-state index in [1.54, 1.807) is 12.5 Å². The van der Waals surface area contributed by atoms with Gasteiger partial charge in [0.25, 0.3) is 5.91 Å². The van der Waals surface area contributed by atoms with Crippen LogP contribution in [0.15, 0.2) is 12.5 Å². The molecule has 3 heterocycles. The monoisotopic (exact) mass is 291 g/mol. The molecule has 2 unspecified atom stereocenters. The highest BCUT2D eigenvalue weighted by molar-refractivity contribution is 5.91. The van der Waals surface area contributed by atoms with Crippen LogP contribution in [-0.2, 0) is 6.54 Å². The molecule has 1 aromatic rings. The van der Waals surface area contributed by atoms with Gasteiger partial charge in [0.15, 0.2) is 0 Å². The van der Waals surface area contributed by atoms with E-state index in [0.29, 0.717) is 24.7 Å². The van der Waals surface area contributed by atoms with Crippen molar-refractivity contribution in [3.8, 4) is 0 Å². The van der Waals surface area contributed by atoms with Gasteiger partial charge in [0.1, 0.15) is 5.69 Å². The van der Waals surface area contributed by atoms with E-state index in [1.165, 1.54) is 25.7 Å². The Labute approximate surface area is 125 Å². The molecule has 6 heteroatoms. The lowest BCUT2D eigenvalue weighted by molar-refractivity contribution is 0.0913. The number of nitrogens with one attached hydrogen (secondary N) is 1. The summed E-state index contributed by atoms with van der Waals surface area (Å²) in [5, 5.41) is 3.04. The van der Waals surface area contributed by atoms with Crippen molar-refractivity contribution in [1.82, 2.24) is 19.8 Å². The topological polar surface area (TPSA) is 76.2 Å². The van der Waals surface area contributed by atoms with E-state index in [-0.39, 0.29) is 5.91 Å². The van der Waals surface area contributed by atoms with Gasteiger partial charge in [-0.3, -0.25) is 4.79 Å². The first-order valence-corrected chi connectivity index (χ1v) is 7.89. The minimum Gasteiger partial charge on any atom is -0.350 e. The summed E-state index contributed by atoms with van der Waals surface area (Å²) in [6.07, 6.45) is 8.46. The lowest BCUT2D eigenvalue weighted by Gasteiger charge is -2.36. The second-order valence-corrected chi connectivity index (χ2v) is 6.38. The third-order valence-electron chi connectivity index (χ3n) is 5.00. The van der Waals surface area contributed by atoms with E-state index in [0.717, 1.165) is 18.6 Å². The maximum absolute atomic E-state index is 12.1. The Bertz CT molecular complexity index is 486. The molecule has 2 aliphatic rings. The number of nitrogens with two attached hydrogens (primary N) is 1. The summed E-state index contributed by atoms with van der Waals surface area (Å²) in [7, 11) is 2.24. The molecule has 2 saturated heterocycles. The minimum atomic E-state index is -0.0722. The SMILES string of the molecule is CN1C2CCC1CC(CNC(=O)c1cn(CCN)cn1)C2. The molecule has 21 heavy (non-hydrogen) atoms. The van der Waals surface area contributed by atoms with Crippen molar-refractivity contribution in [2.75, 3.05) is 20.1 Å². The predicted molar refractivity (Wildman–Crippen MR) is 80.9 cm³/mol. The summed E-state index contributed by atoms with van der Waals surface area (Å²) in [5.74, 6) is 0.533. The Morgan fingerprint density at radius 1 is 1.43 bits per heavy atom. The van der Waals surface area contributed by atoms with Crippen molar-refractivity contribution < 1.29 is 4.79 Å². The van der Waals surface area contributed by atoms with Gasteiger partial charge in [-0.25, -0.2) is 4.98 Å². The Hall–Kier alpha value is -1.40. The Morgan fingerprint density at radius 2 is 2.14 bits per heavy atom. The predicted octanol–water partition coefficient (Wildman–Crippen LogP) is 0.444. The molecule has 3 rings (SSSR count). The number of piperidine rings is 1. The van der Waals surface area contributed by atoms with Crippen LogP contribution in [-0.4, -0.2) is 52.6 Å². The fourth-order valence-corrected chi connectivity index (χ4v) is 3.77. The van der Waals surface area contributed by atoms with Crippen LogP contribution in [0.1, 0.15) is 36.2 Å². The van der Waals surface area contributed by atoms with E-state index in [4.69, 9.17) is 5.73 Å². The van der Waals surface area contributed by atoms with Gasteiger partial charge in [-0.05, 0) is 38.6 Å². The van der Waals surface area contributed by atoms with E-state index < -0.39 is 0 Å². The number of amides is 1. The van der Waals surface area contributed by atoms with Crippen LogP contribution in [0.3, 0.4) is 0 Å². The normalized spacial score (nSPS) is 28.8. The Morgan fingerprint density at radius 3 is 2.81 bits per heavy atom. The highest BCUT2D eigenvalue weighted by atomic mass is 16.1. The summed E-state index contributed by atoms with van der Waals surface area (Å²) >= 11 is 0. The molecule has 2 fully saturated rings. The number of rotatable bonds is 5. The number of hydrogen-bond acceptors (Lipinski definition) is 4. The molecule has 6 nitrogen and oxygen atoms in total. The Balaban J connectivity index is 1.49. The molecule has 0 saturated carbocycles. The maximum Gasteiger partial charge on any atom is 0.271 e. The largest absolute Gasteiger partial charge is 0.350 e. The van der Waals surface area contributed by atoms with Gasteiger partial charge in [0, 0.05) is 37.9 Å². The first-order chi connectivity index (χ1) is 10.2. The number of aromatic nitrogens is 2. The van der Waals surface area contributed by atoms with Crippen LogP contribution in [0, 0.1) is 5.92 Å². The van der Waals surface area contributed by atoms with Gasteiger partial charge >= 0.3 is 0 Å². The Kier molecular flexibility index (Phi) is 4.26. The van der Waals surface area contributed by atoms with E-state index in [1.807, 2.05) is 4.57 Å². The van der Waals surface area contributed by atoms with E-state index in [9.17, 15) is 4.79 Å². The molecule has 2 atom stereocenters. The fraction of sp³-hybridized carbons (Fsp3) is 0.733. The van der Waals surface area contributed by atoms with Gasteiger partial charge in [0.05, 0.1) is 6.33 Å². The van der Waals surface area contributed by atoms with Crippen LogP contribution in [0.25, 0.3) is 0 Å². The zero-order chi connectivity index (χ0) is 14.8. The molecular formula is C15H25N5O. The minimum absolute atomic E-state index is 0.0722. The molecule has 0 spiro atoms. The van der Waals surface area contributed by atoms with Crippen LogP contribution < -0.4 is 11.1 Å². The molecule has 3 N–H and O–H groups in total. The smallest absolute Gasteiger partial charge is 0.271 e. The summed E-state index contributed by atoms with van der Waals surface area (Å²) in [5.41, 5.74) is 5.98. The quantitative estimate of drug-likeness (QED) is 0.825. The standard InChI is InChI=1S/C15H25N5O/c1-19-12-2-3-13(19)7-11(6-12)8-17-15(21)14-9-20(5-4-16)10-18-14/h9-13H,2-8,16H2,1H3,(H,17,21). The molecule has 0 aromatic carbocycles. The van der Waals surface area contributed by atoms with Crippen LogP contribution in [0.2, 0.25) is 0 Å². The highest BCUT2D eigenvalue weighted by Crippen LogP contribution is 2.36. The zero-order valence-corrected chi connectivity index (χ0v) is 12.7. The van der Waals surface area contributed by atoms with Crippen molar-refractivity contribution >= 4 is 5.91 Å². The lowest BCUT2D eigenvalue weighted by atomic mass is 9.91. The zero-order valence-electron chi connectivity index (χ0n) is 12.7. The van der Waals surface area contributed by atoms with Crippen molar-refractivity contribution in [3.63, 3.8) is 0 Å². The van der Waals surface area contributed by atoms with Gasteiger partial charge in [-0.2, -0.15) is 0 Å². The first-order valence-electron chi connectivity index (χ1n) is 7.89. The summed E-state index contributed by atoms with van der Waals surface area (Å²) in [4.78, 5) is 18.8. The van der Waals surface area contributed by atoms with Crippen molar-refractivity contribution in [3.05, 3.63) is 18.2 Å².